The lowest BCUT2D eigenvalue weighted by molar-refractivity contribution is -0.117. The van der Waals surface area contributed by atoms with E-state index in [9.17, 15) is 4.79 Å². The number of imidazole rings is 1. The number of carbonyl (C=O) groups excluding carboxylic acids is 1. The Morgan fingerprint density at radius 2 is 2.04 bits per heavy atom. The Kier molecular flexibility index (Phi) is 3.00. The molecule has 3 aromatic rings. The van der Waals surface area contributed by atoms with Crippen LogP contribution in [-0.4, -0.2) is 35.6 Å². The van der Waals surface area contributed by atoms with Crippen LogP contribution in [0, 0.1) is 12.3 Å². The van der Waals surface area contributed by atoms with Gasteiger partial charge in [-0.1, -0.05) is 20.8 Å². The lowest BCUT2D eigenvalue weighted by Gasteiger charge is -2.34. The molecule has 4 heterocycles. The Hall–Kier alpha value is -2.77. The zero-order valence-corrected chi connectivity index (χ0v) is 14.1. The molecule has 3 aromatic heterocycles. The Morgan fingerprint density at radius 1 is 1.25 bits per heavy atom. The van der Waals surface area contributed by atoms with Crippen molar-refractivity contribution in [2.24, 2.45) is 5.41 Å². The average Bonchev–Trinajstić information content (AvgIpc) is 3.10. The maximum atomic E-state index is 12.3. The van der Waals surface area contributed by atoms with E-state index in [1.165, 1.54) is 6.33 Å². The minimum absolute atomic E-state index is 0.00140. The molecule has 0 fully saturated rings. The molecule has 1 aliphatic heterocycles. The van der Waals surface area contributed by atoms with Crippen molar-refractivity contribution in [3.05, 3.63) is 23.9 Å². The van der Waals surface area contributed by atoms with E-state index in [4.69, 9.17) is 0 Å². The van der Waals surface area contributed by atoms with Crippen LogP contribution in [0.25, 0.3) is 17.0 Å². The molecule has 1 aliphatic rings. The SMILES string of the molecule is Cc1nn(-c2ncnc3nc[nH]c23)c2c1[C@@H](C(C)(C)C)CC(=O)N2. The van der Waals surface area contributed by atoms with E-state index < -0.39 is 0 Å². The largest absolute Gasteiger partial charge is 0.340 e. The normalized spacial score (nSPS) is 17.8. The summed E-state index contributed by atoms with van der Waals surface area (Å²) < 4.78 is 1.68. The highest BCUT2D eigenvalue weighted by Crippen LogP contribution is 2.45. The molecule has 2 N–H and O–H groups in total. The Labute approximate surface area is 138 Å². The molecule has 8 nitrogen and oxygen atoms in total. The van der Waals surface area contributed by atoms with E-state index in [1.54, 1.807) is 11.0 Å². The van der Waals surface area contributed by atoms with Crippen LogP contribution in [0.4, 0.5) is 5.82 Å². The highest BCUT2D eigenvalue weighted by atomic mass is 16.1. The van der Waals surface area contributed by atoms with Gasteiger partial charge in [0.2, 0.25) is 5.91 Å². The van der Waals surface area contributed by atoms with Crippen molar-refractivity contribution in [3.63, 3.8) is 0 Å². The standard InChI is InChI=1S/C16H19N7O/c1-8-11-9(16(2,3)4)5-10(24)21-14(11)23(22-8)15-12-13(18-6-17-12)19-7-20-15/h6-7,9H,5H2,1-4H3,(H,21,24)(H,17,18,19,20)/t9-/m0/s1. The van der Waals surface area contributed by atoms with Crippen LogP contribution in [0.5, 0.6) is 0 Å². The minimum atomic E-state index is -0.0416. The number of nitrogens with one attached hydrogen (secondary N) is 2. The molecule has 0 aromatic carbocycles. The molecule has 1 amide bonds. The molecule has 0 radical (unpaired) electrons. The number of fused-ring (bicyclic) bond motifs is 2. The number of anilines is 1. The molecule has 0 saturated heterocycles. The average molecular weight is 325 g/mol. The molecule has 0 unspecified atom stereocenters. The topological polar surface area (TPSA) is 101 Å². The first-order chi connectivity index (χ1) is 11.4. The van der Waals surface area contributed by atoms with Crippen molar-refractivity contribution in [1.29, 1.82) is 0 Å². The molecule has 124 valence electrons. The van der Waals surface area contributed by atoms with Gasteiger partial charge in [0, 0.05) is 17.9 Å². The van der Waals surface area contributed by atoms with E-state index in [0.717, 1.165) is 11.3 Å². The first-order valence-electron chi connectivity index (χ1n) is 7.90. The summed E-state index contributed by atoms with van der Waals surface area (Å²) in [5.41, 5.74) is 3.19. The van der Waals surface area contributed by atoms with Crippen molar-refractivity contribution in [3.8, 4) is 5.82 Å². The predicted molar refractivity (Wildman–Crippen MR) is 89.0 cm³/mol. The molecule has 0 aliphatic carbocycles. The fraction of sp³-hybridized carbons (Fsp3) is 0.438. The molecular weight excluding hydrogens is 306 g/mol. The van der Waals surface area contributed by atoms with Crippen molar-refractivity contribution >= 4 is 22.9 Å². The van der Waals surface area contributed by atoms with Crippen LogP contribution in [0.15, 0.2) is 12.7 Å². The third kappa shape index (κ3) is 2.10. The molecule has 4 rings (SSSR count). The lowest BCUT2D eigenvalue weighted by atomic mass is 9.73. The number of amides is 1. The first kappa shape index (κ1) is 14.8. The molecule has 1 atom stereocenters. The molecule has 0 bridgehead atoms. The van der Waals surface area contributed by atoms with Crippen molar-refractivity contribution in [1.82, 2.24) is 29.7 Å². The third-order valence-corrected chi connectivity index (χ3v) is 4.55. The molecular formula is C16H19N7O. The fourth-order valence-electron chi connectivity index (χ4n) is 3.35. The van der Waals surface area contributed by atoms with Gasteiger partial charge < -0.3 is 10.3 Å². The summed E-state index contributed by atoms with van der Waals surface area (Å²) in [7, 11) is 0. The van der Waals surface area contributed by atoms with Gasteiger partial charge in [-0.2, -0.15) is 9.78 Å². The van der Waals surface area contributed by atoms with Gasteiger partial charge in [-0.05, 0) is 12.3 Å². The molecule has 24 heavy (non-hydrogen) atoms. The number of rotatable bonds is 1. The van der Waals surface area contributed by atoms with Gasteiger partial charge >= 0.3 is 0 Å². The van der Waals surface area contributed by atoms with Gasteiger partial charge in [0.25, 0.3) is 0 Å². The summed E-state index contributed by atoms with van der Waals surface area (Å²) in [6.07, 6.45) is 3.49. The van der Waals surface area contributed by atoms with E-state index in [2.05, 4.69) is 51.1 Å². The minimum Gasteiger partial charge on any atom is -0.340 e. The van der Waals surface area contributed by atoms with Crippen LogP contribution in [0.2, 0.25) is 0 Å². The number of H-pyrrole nitrogens is 1. The number of hydrogen-bond donors (Lipinski definition) is 2. The van der Waals surface area contributed by atoms with Gasteiger partial charge in [0.1, 0.15) is 17.7 Å². The van der Waals surface area contributed by atoms with Gasteiger partial charge in [0.15, 0.2) is 11.5 Å². The summed E-state index contributed by atoms with van der Waals surface area (Å²) in [4.78, 5) is 28.0. The van der Waals surface area contributed by atoms with Crippen molar-refractivity contribution in [2.45, 2.75) is 40.0 Å². The van der Waals surface area contributed by atoms with Crippen LogP contribution in [-0.2, 0) is 4.79 Å². The number of carbonyl (C=O) groups is 1. The number of nitrogens with zero attached hydrogens (tertiary/aromatic N) is 5. The molecule has 0 spiro atoms. The maximum absolute atomic E-state index is 12.3. The summed E-state index contributed by atoms with van der Waals surface area (Å²) in [5, 5.41) is 7.63. The van der Waals surface area contributed by atoms with E-state index in [0.29, 0.717) is 29.2 Å². The quantitative estimate of drug-likeness (QED) is 0.715. The summed E-state index contributed by atoms with van der Waals surface area (Å²) in [6, 6.07) is 0. The maximum Gasteiger partial charge on any atom is 0.226 e. The monoisotopic (exact) mass is 325 g/mol. The van der Waals surface area contributed by atoms with Crippen LogP contribution >= 0.6 is 0 Å². The smallest absolute Gasteiger partial charge is 0.226 e. The van der Waals surface area contributed by atoms with E-state index >= 15 is 0 Å². The van der Waals surface area contributed by atoms with E-state index in [1.807, 2.05) is 6.92 Å². The highest BCUT2D eigenvalue weighted by Gasteiger charge is 2.38. The first-order valence-corrected chi connectivity index (χ1v) is 7.90. The fourth-order valence-corrected chi connectivity index (χ4v) is 3.35. The van der Waals surface area contributed by atoms with Gasteiger partial charge in [0.05, 0.1) is 12.0 Å². The van der Waals surface area contributed by atoms with Gasteiger partial charge in [-0.15, -0.1) is 0 Å². The number of aromatic nitrogens is 6. The second kappa shape index (κ2) is 4.86. The number of hydrogen-bond acceptors (Lipinski definition) is 5. The Bertz CT molecular complexity index is 947. The van der Waals surface area contributed by atoms with Crippen LogP contribution in [0.3, 0.4) is 0 Å². The van der Waals surface area contributed by atoms with Crippen molar-refractivity contribution < 1.29 is 4.79 Å². The zero-order valence-electron chi connectivity index (χ0n) is 14.1. The zero-order chi connectivity index (χ0) is 17.1. The molecule has 8 heteroatoms. The van der Waals surface area contributed by atoms with Gasteiger partial charge in [-0.3, -0.25) is 4.79 Å². The Balaban J connectivity index is 1.97. The van der Waals surface area contributed by atoms with Crippen molar-refractivity contribution in [2.75, 3.05) is 5.32 Å². The second-order valence-electron chi connectivity index (χ2n) is 7.23. The second-order valence-corrected chi connectivity index (χ2v) is 7.23. The van der Waals surface area contributed by atoms with Crippen LogP contribution < -0.4 is 5.32 Å². The highest BCUT2D eigenvalue weighted by molar-refractivity contribution is 5.95. The summed E-state index contributed by atoms with van der Waals surface area (Å²) >= 11 is 0. The van der Waals surface area contributed by atoms with Crippen LogP contribution in [0.1, 0.15) is 44.4 Å². The third-order valence-electron chi connectivity index (χ3n) is 4.55. The summed E-state index contributed by atoms with van der Waals surface area (Å²) in [5.74, 6) is 1.38. The lowest BCUT2D eigenvalue weighted by Crippen LogP contribution is -2.31. The van der Waals surface area contributed by atoms with E-state index in [-0.39, 0.29) is 17.2 Å². The molecule has 0 saturated carbocycles. The summed E-state index contributed by atoms with van der Waals surface area (Å²) in [6.45, 7) is 8.41. The Morgan fingerprint density at radius 3 is 2.79 bits per heavy atom. The number of aryl methyl sites for hydroxylation is 1. The number of aromatic amines is 1. The van der Waals surface area contributed by atoms with Gasteiger partial charge in [-0.25, -0.2) is 15.0 Å². The predicted octanol–water partition coefficient (Wildman–Crippen LogP) is 2.32.